The molecule has 0 fully saturated rings. The number of para-hydroxylation sites is 1. The third-order valence-electron chi connectivity index (χ3n) is 2.50. The SMILES string of the molecule is COCCOc1ccccc1C(O)CSC(C)(C)C. The quantitative estimate of drug-likeness (QED) is 0.780. The Hall–Kier alpha value is -0.710. The van der Waals surface area contributed by atoms with Crippen molar-refractivity contribution in [2.24, 2.45) is 0 Å². The zero-order valence-corrected chi connectivity index (χ0v) is 13.0. The molecule has 108 valence electrons. The minimum atomic E-state index is -0.511. The molecule has 0 radical (unpaired) electrons. The van der Waals surface area contributed by atoms with Gasteiger partial charge in [-0.05, 0) is 6.07 Å². The van der Waals surface area contributed by atoms with Gasteiger partial charge in [-0.15, -0.1) is 0 Å². The van der Waals surface area contributed by atoms with Gasteiger partial charge in [0.05, 0.1) is 12.7 Å². The van der Waals surface area contributed by atoms with Gasteiger partial charge in [-0.1, -0.05) is 39.0 Å². The van der Waals surface area contributed by atoms with Crippen LogP contribution in [-0.2, 0) is 4.74 Å². The number of aliphatic hydroxyl groups is 1. The first-order valence-corrected chi connectivity index (χ1v) is 7.45. The van der Waals surface area contributed by atoms with Crippen molar-refractivity contribution in [2.75, 3.05) is 26.1 Å². The normalized spacial score (nSPS) is 13.3. The van der Waals surface area contributed by atoms with E-state index in [1.807, 2.05) is 24.3 Å². The van der Waals surface area contributed by atoms with Gasteiger partial charge < -0.3 is 14.6 Å². The minimum absolute atomic E-state index is 0.146. The van der Waals surface area contributed by atoms with Crippen molar-refractivity contribution in [3.8, 4) is 5.75 Å². The number of hydrogen-bond donors (Lipinski definition) is 1. The second kappa shape index (κ2) is 7.78. The minimum Gasteiger partial charge on any atom is -0.491 e. The maximum absolute atomic E-state index is 10.3. The Morgan fingerprint density at radius 3 is 2.53 bits per heavy atom. The summed E-state index contributed by atoms with van der Waals surface area (Å²) in [6.45, 7) is 7.47. The molecule has 19 heavy (non-hydrogen) atoms. The van der Waals surface area contributed by atoms with Crippen LogP contribution in [0.25, 0.3) is 0 Å². The molecule has 1 N–H and O–H groups in total. The van der Waals surface area contributed by atoms with Gasteiger partial charge in [-0.25, -0.2) is 0 Å². The lowest BCUT2D eigenvalue weighted by atomic mass is 10.1. The summed E-state index contributed by atoms with van der Waals surface area (Å²) in [4.78, 5) is 0. The topological polar surface area (TPSA) is 38.7 Å². The van der Waals surface area contributed by atoms with Crippen LogP contribution < -0.4 is 4.74 Å². The average Bonchev–Trinajstić information content (AvgIpc) is 2.36. The Kier molecular flexibility index (Phi) is 6.69. The van der Waals surface area contributed by atoms with E-state index in [4.69, 9.17) is 9.47 Å². The number of benzene rings is 1. The summed E-state index contributed by atoms with van der Waals surface area (Å²) in [6, 6.07) is 7.63. The molecule has 4 heteroatoms. The van der Waals surface area contributed by atoms with E-state index in [-0.39, 0.29) is 4.75 Å². The van der Waals surface area contributed by atoms with Gasteiger partial charge in [-0.3, -0.25) is 0 Å². The maximum Gasteiger partial charge on any atom is 0.125 e. The van der Waals surface area contributed by atoms with E-state index in [0.29, 0.717) is 19.0 Å². The summed E-state index contributed by atoms with van der Waals surface area (Å²) < 4.78 is 10.7. The number of rotatable bonds is 7. The molecule has 1 atom stereocenters. The number of methoxy groups -OCH3 is 1. The Labute approximate surface area is 120 Å². The highest BCUT2D eigenvalue weighted by Gasteiger charge is 2.17. The first-order valence-electron chi connectivity index (χ1n) is 6.46. The lowest BCUT2D eigenvalue weighted by molar-refractivity contribution is 0.141. The third kappa shape index (κ3) is 6.32. The maximum atomic E-state index is 10.3. The Morgan fingerprint density at radius 2 is 1.89 bits per heavy atom. The zero-order chi connectivity index (χ0) is 14.3. The molecule has 0 aliphatic heterocycles. The van der Waals surface area contributed by atoms with Crippen LogP contribution >= 0.6 is 11.8 Å². The van der Waals surface area contributed by atoms with Crippen molar-refractivity contribution < 1.29 is 14.6 Å². The smallest absolute Gasteiger partial charge is 0.125 e. The molecule has 0 saturated carbocycles. The fraction of sp³-hybridized carbons (Fsp3) is 0.600. The van der Waals surface area contributed by atoms with Crippen molar-refractivity contribution >= 4 is 11.8 Å². The summed E-state index contributed by atoms with van der Waals surface area (Å²) in [7, 11) is 1.64. The van der Waals surface area contributed by atoms with Crippen molar-refractivity contribution in [1.82, 2.24) is 0 Å². The van der Waals surface area contributed by atoms with E-state index in [2.05, 4.69) is 20.8 Å². The van der Waals surface area contributed by atoms with Gasteiger partial charge in [0, 0.05) is 23.2 Å². The monoisotopic (exact) mass is 284 g/mol. The molecule has 0 spiro atoms. The Balaban J connectivity index is 2.64. The van der Waals surface area contributed by atoms with Crippen LogP contribution in [0.4, 0.5) is 0 Å². The van der Waals surface area contributed by atoms with Gasteiger partial charge in [-0.2, -0.15) is 11.8 Å². The predicted molar refractivity (Wildman–Crippen MR) is 81.0 cm³/mol. The molecular formula is C15H24O3S. The molecule has 1 aromatic rings. The lowest BCUT2D eigenvalue weighted by Gasteiger charge is -2.21. The molecule has 1 unspecified atom stereocenters. The van der Waals surface area contributed by atoms with Gasteiger partial charge >= 0.3 is 0 Å². The zero-order valence-electron chi connectivity index (χ0n) is 12.2. The molecule has 1 aromatic carbocycles. The number of thioether (sulfide) groups is 1. The van der Waals surface area contributed by atoms with Crippen molar-refractivity contribution in [1.29, 1.82) is 0 Å². The van der Waals surface area contributed by atoms with Crippen molar-refractivity contribution in [3.63, 3.8) is 0 Å². The largest absolute Gasteiger partial charge is 0.491 e. The first kappa shape index (κ1) is 16.3. The van der Waals surface area contributed by atoms with Crippen LogP contribution in [0.1, 0.15) is 32.4 Å². The summed E-state index contributed by atoms with van der Waals surface area (Å²) in [6.07, 6.45) is -0.511. The van der Waals surface area contributed by atoms with E-state index in [1.54, 1.807) is 18.9 Å². The van der Waals surface area contributed by atoms with Crippen molar-refractivity contribution in [3.05, 3.63) is 29.8 Å². The van der Waals surface area contributed by atoms with E-state index >= 15 is 0 Å². The molecule has 3 nitrogen and oxygen atoms in total. The summed E-state index contributed by atoms with van der Waals surface area (Å²) >= 11 is 1.74. The Morgan fingerprint density at radius 1 is 1.21 bits per heavy atom. The summed E-state index contributed by atoms with van der Waals surface area (Å²) in [5.41, 5.74) is 0.843. The fourth-order valence-corrected chi connectivity index (χ4v) is 2.38. The molecular weight excluding hydrogens is 260 g/mol. The lowest BCUT2D eigenvalue weighted by Crippen LogP contribution is -2.13. The predicted octanol–water partition coefficient (Wildman–Crippen LogP) is 3.28. The van der Waals surface area contributed by atoms with Crippen LogP contribution in [0.5, 0.6) is 5.75 Å². The van der Waals surface area contributed by atoms with Crippen LogP contribution in [0.15, 0.2) is 24.3 Å². The number of hydrogen-bond acceptors (Lipinski definition) is 4. The second-order valence-electron chi connectivity index (χ2n) is 5.32. The van der Waals surface area contributed by atoms with Gasteiger partial charge in [0.2, 0.25) is 0 Å². The van der Waals surface area contributed by atoms with Gasteiger partial charge in [0.1, 0.15) is 12.4 Å². The summed E-state index contributed by atoms with van der Waals surface area (Å²) in [5, 5.41) is 10.3. The standard InChI is InChI=1S/C15H24O3S/c1-15(2,3)19-11-13(16)12-7-5-6-8-14(12)18-10-9-17-4/h5-8,13,16H,9-11H2,1-4H3. The number of aliphatic hydroxyl groups excluding tert-OH is 1. The molecule has 0 saturated heterocycles. The molecule has 1 rings (SSSR count). The number of ether oxygens (including phenoxy) is 2. The van der Waals surface area contributed by atoms with Crippen LogP contribution in [-0.4, -0.2) is 35.9 Å². The van der Waals surface area contributed by atoms with Gasteiger partial charge in [0.25, 0.3) is 0 Å². The second-order valence-corrected chi connectivity index (χ2v) is 7.17. The highest BCUT2D eigenvalue weighted by Crippen LogP contribution is 2.32. The molecule has 0 bridgehead atoms. The highest BCUT2D eigenvalue weighted by molar-refractivity contribution is 8.00. The molecule has 0 heterocycles. The highest BCUT2D eigenvalue weighted by atomic mass is 32.2. The molecule has 0 amide bonds. The van der Waals surface area contributed by atoms with E-state index < -0.39 is 6.10 Å². The van der Waals surface area contributed by atoms with E-state index in [9.17, 15) is 5.11 Å². The first-order chi connectivity index (χ1) is 8.94. The van der Waals surface area contributed by atoms with Crippen LogP contribution in [0.2, 0.25) is 0 Å². The summed E-state index contributed by atoms with van der Waals surface area (Å²) in [5.74, 6) is 1.40. The van der Waals surface area contributed by atoms with Crippen LogP contribution in [0, 0.1) is 0 Å². The molecule has 0 aliphatic carbocycles. The van der Waals surface area contributed by atoms with Crippen molar-refractivity contribution in [2.45, 2.75) is 31.6 Å². The van der Waals surface area contributed by atoms with E-state index in [0.717, 1.165) is 11.3 Å². The third-order valence-corrected chi connectivity index (χ3v) is 3.85. The van der Waals surface area contributed by atoms with Crippen LogP contribution in [0.3, 0.4) is 0 Å². The Bertz CT molecular complexity index is 374. The van der Waals surface area contributed by atoms with E-state index in [1.165, 1.54) is 0 Å². The average molecular weight is 284 g/mol. The molecule has 0 aliphatic rings. The fourth-order valence-electron chi connectivity index (χ4n) is 1.54. The molecule has 0 aromatic heterocycles. The van der Waals surface area contributed by atoms with Gasteiger partial charge in [0.15, 0.2) is 0 Å².